The molecule has 0 saturated carbocycles. The minimum atomic E-state index is -0.327. The Kier molecular flexibility index (Phi) is 3.79. The first-order valence-electron chi connectivity index (χ1n) is 6.07. The molecule has 19 heavy (non-hydrogen) atoms. The van der Waals surface area contributed by atoms with Crippen LogP contribution in [0.5, 0.6) is 0 Å². The van der Waals surface area contributed by atoms with Crippen LogP contribution in [0.25, 0.3) is 5.65 Å². The van der Waals surface area contributed by atoms with Gasteiger partial charge in [0.25, 0.3) is 0 Å². The number of rotatable bonds is 5. The van der Waals surface area contributed by atoms with Gasteiger partial charge in [0.15, 0.2) is 5.65 Å². The molecule has 1 amide bonds. The molecular weight excluding hydrogens is 248 g/mol. The van der Waals surface area contributed by atoms with Gasteiger partial charge in [-0.2, -0.15) is 5.10 Å². The lowest BCUT2D eigenvalue weighted by Gasteiger charge is -2.07. The number of H-pyrrole nitrogens is 1. The number of amides is 1. The minimum Gasteiger partial charge on any atom is -0.361 e. The van der Waals surface area contributed by atoms with Crippen molar-refractivity contribution in [1.29, 1.82) is 0 Å². The molecule has 0 saturated heterocycles. The van der Waals surface area contributed by atoms with Crippen LogP contribution in [0, 0.1) is 6.92 Å². The highest BCUT2D eigenvalue weighted by Gasteiger charge is 2.07. The summed E-state index contributed by atoms with van der Waals surface area (Å²) in [4.78, 5) is 27.1. The lowest BCUT2D eigenvalue weighted by atomic mass is 10.4. The molecule has 2 rings (SSSR count). The fraction of sp³-hybridized carbons (Fsp3) is 0.455. The van der Waals surface area contributed by atoms with Crippen LogP contribution in [0.3, 0.4) is 0 Å². The Morgan fingerprint density at radius 2 is 2.32 bits per heavy atom. The summed E-state index contributed by atoms with van der Waals surface area (Å²) < 4.78 is 1.36. The molecule has 0 fully saturated rings. The molecule has 0 aliphatic rings. The van der Waals surface area contributed by atoms with E-state index in [9.17, 15) is 9.59 Å². The zero-order valence-corrected chi connectivity index (χ0v) is 10.9. The molecule has 0 aliphatic carbocycles. The Hall–Kier alpha value is -2.38. The Labute approximate surface area is 109 Å². The third-order valence-corrected chi connectivity index (χ3v) is 2.57. The van der Waals surface area contributed by atoms with Crippen LogP contribution in [-0.4, -0.2) is 38.6 Å². The number of aromatic nitrogens is 4. The van der Waals surface area contributed by atoms with Crippen LogP contribution in [-0.2, 0) is 4.79 Å². The number of aryl methyl sites for hydroxylation is 1. The number of carbonyl (C=O) groups excluding carboxylic acids is 1. The fourth-order valence-corrected chi connectivity index (χ4v) is 1.69. The van der Waals surface area contributed by atoms with E-state index in [0.29, 0.717) is 23.8 Å². The zero-order chi connectivity index (χ0) is 13.8. The highest BCUT2D eigenvalue weighted by Crippen LogP contribution is 2.07. The summed E-state index contributed by atoms with van der Waals surface area (Å²) in [6.45, 7) is 4.48. The molecule has 3 N–H and O–H groups in total. The molecule has 0 spiro atoms. The van der Waals surface area contributed by atoms with E-state index in [0.717, 1.165) is 6.42 Å². The highest BCUT2D eigenvalue weighted by atomic mass is 16.2. The van der Waals surface area contributed by atoms with Crippen LogP contribution in [0.2, 0.25) is 0 Å². The summed E-state index contributed by atoms with van der Waals surface area (Å²) in [5.41, 5.74) is 0.140. The molecular formula is C11H16N6O2. The van der Waals surface area contributed by atoms with Crippen molar-refractivity contribution in [2.24, 2.45) is 0 Å². The van der Waals surface area contributed by atoms with Crippen LogP contribution < -0.4 is 16.3 Å². The van der Waals surface area contributed by atoms with E-state index in [2.05, 4.69) is 25.8 Å². The van der Waals surface area contributed by atoms with Crippen LogP contribution in [0.4, 0.5) is 5.82 Å². The van der Waals surface area contributed by atoms with Crippen molar-refractivity contribution in [2.45, 2.75) is 20.3 Å². The lowest BCUT2D eigenvalue weighted by molar-refractivity contribution is -0.119. The van der Waals surface area contributed by atoms with Gasteiger partial charge in [-0.05, 0) is 13.3 Å². The minimum absolute atomic E-state index is 0.0967. The molecule has 2 aromatic heterocycles. The first kappa shape index (κ1) is 13.1. The van der Waals surface area contributed by atoms with Gasteiger partial charge in [0.2, 0.25) is 5.91 Å². The number of anilines is 1. The second-order valence-corrected chi connectivity index (χ2v) is 4.11. The van der Waals surface area contributed by atoms with Gasteiger partial charge in [0, 0.05) is 12.6 Å². The highest BCUT2D eigenvalue weighted by molar-refractivity contribution is 5.80. The molecule has 8 heteroatoms. The fourth-order valence-electron chi connectivity index (χ4n) is 1.69. The van der Waals surface area contributed by atoms with Gasteiger partial charge in [-0.3, -0.25) is 4.79 Å². The first-order valence-corrected chi connectivity index (χ1v) is 6.07. The van der Waals surface area contributed by atoms with E-state index in [1.54, 1.807) is 13.0 Å². The molecule has 0 bridgehead atoms. The second-order valence-electron chi connectivity index (χ2n) is 4.11. The van der Waals surface area contributed by atoms with Crippen molar-refractivity contribution in [3.05, 3.63) is 22.4 Å². The molecule has 8 nitrogen and oxygen atoms in total. The lowest BCUT2D eigenvalue weighted by Crippen LogP contribution is -2.30. The van der Waals surface area contributed by atoms with E-state index in [1.165, 1.54) is 4.40 Å². The van der Waals surface area contributed by atoms with E-state index in [4.69, 9.17) is 0 Å². The van der Waals surface area contributed by atoms with E-state index in [-0.39, 0.29) is 18.1 Å². The number of hydrogen-bond donors (Lipinski definition) is 3. The van der Waals surface area contributed by atoms with Gasteiger partial charge in [-0.15, -0.1) is 0 Å². The van der Waals surface area contributed by atoms with E-state index >= 15 is 0 Å². The normalized spacial score (nSPS) is 10.6. The summed E-state index contributed by atoms with van der Waals surface area (Å²) in [5.74, 6) is 0.920. The molecule has 2 aromatic rings. The van der Waals surface area contributed by atoms with Crippen molar-refractivity contribution < 1.29 is 4.79 Å². The Bertz CT molecular complexity index is 644. The van der Waals surface area contributed by atoms with Crippen LogP contribution in [0.1, 0.15) is 19.2 Å². The van der Waals surface area contributed by atoms with Gasteiger partial charge < -0.3 is 10.6 Å². The number of carbonyl (C=O) groups is 1. The van der Waals surface area contributed by atoms with E-state index in [1.807, 2.05) is 6.92 Å². The molecule has 0 unspecified atom stereocenters. The second kappa shape index (κ2) is 5.51. The summed E-state index contributed by atoms with van der Waals surface area (Å²) in [7, 11) is 0. The summed E-state index contributed by atoms with van der Waals surface area (Å²) in [6.07, 6.45) is 0.894. The predicted octanol–water partition coefficient (Wildman–Crippen LogP) is -0.336. The molecule has 0 aromatic carbocycles. The Morgan fingerprint density at radius 1 is 1.53 bits per heavy atom. The van der Waals surface area contributed by atoms with Crippen molar-refractivity contribution >= 4 is 17.4 Å². The van der Waals surface area contributed by atoms with Crippen molar-refractivity contribution in [2.75, 3.05) is 18.4 Å². The number of hydrogen-bond acceptors (Lipinski definition) is 5. The summed E-state index contributed by atoms with van der Waals surface area (Å²) in [5, 5.41) is 11.9. The number of nitrogens with zero attached hydrogens (tertiary/aromatic N) is 3. The molecule has 0 radical (unpaired) electrons. The third kappa shape index (κ3) is 2.90. The van der Waals surface area contributed by atoms with Gasteiger partial charge in [0.1, 0.15) is 11.6 Å². The molecule has 0 atom stereocenters. The van der Waals surface area contributed by atoms with Gasteiger partial charge >= 0.3 is 5.69 Å². The maximum atomic E-state index is 11.4. The van der Waals surface area contributed by atoms with Gasteiger partial charge in [-0.1, -0.05) is 6.92 Å². The molecule has 102 valence electrons. The number of fused-ring (bicyclic) bond motifs is 1. The first-order chi connectivity index (χ1) is 9.11. The smallest absolute Gasteiger partial charge is 0.349 e. The maximum absolute atomic E-state index is 11.4. The standard InChI is InChI=1S/C11H16N6O2/c1-3-4-12-10(18)6-13-8-5-9-15-16-11(19)17(9)7(2)14-8/h5,13H,3-4,6H2,1-2H3,(H,12,18)(H,16,19). The number of aromatic amines is 1. The largest absolute Gasteiger partial charge is 0.361 e. The van der Waals surface area contributed by atoms with Crippen LogP contribution >= 0.6 is 0 Å². The van der Waals surface area contributed by atoms with Crippen molar-refractivity contribution in [3.8, 4) is 0 Å². The average molecular weight is 264 g/mol. The maximum Gasteiger partial charge on any atom is 0.349 e. The SMILES string of the molecule is CCCNC(=O)CNc1cc2n[nH]c(=O)n2c(C)n1. The monoisotopic (exact) mass is 264 g/mol. The molecule has 0 aliphatic heterocycles. The average Bonchev–Trinajstić information content (AvgIpc) is 2.76. The van der Waals surface area contributed by atoms with Gasteiger partial charge in [0.05, 0.1) is 6.54 Å². The van der Waals surface area contributed by atoms with Crippen LogP contribution in [0.15, 0.2) is 10.9 Å². The zero-order valence-electron chi connectivity index (χ0n) is 10.9. The van der Waals surface area contributed by atoms with E-state index < -0.39 is 0 Å². The Balaban J connectivity index is 2.09. The number of nitrogens with one attached hydrogen (secondary N) is 3. The van der Waals surface area contributed by atoms with Gasteiger partial charge in [-0.25, -0.2) is 19.3 Å². The topological polar surface area (TPSA) is 104 Å². The Morgan fingerprint density at radius 3 is 3.05 bits per heavy atom. The molecule has 2 heterocycles. The van der Waals surface area contributed by atoms with Crippen molar-refractivity contribution in [3.63, 3.8) is 0 Å². The third-order valence-electron chi connectivity index (χ3n) is 2.57. The summed E-state index contributed by atoms with van der Waals surface area (Å²) in [6, 6.07) is 1.61. The quantitative estimate of drug-likeness (QED) is 0.685. The predicted molar refractivity (Wildman–Crippen MR) is 70.1 cm³/mol. The van der Waals surface area contributed by atoms with Crippen molar-refractivity contribution in [1.82, 2.24) is 24.9 Å². The summed E-state index contributed by atoms with van der Waals surface area (Å²) >= 11 is 0.